The standard InChI is InChI=1S/C11H12BrN3O3S/c1-18-3-2-8-10(11(16)17)13-14-15(8)5-7-4-9(12)19-6-7/h4,6H,2-3,5H2,1H3,(H,16,17). The van der Waals surface area contributed by atoms with Crippen LogP contribution in [0.2, 0.25) is 0 Å². The molecule has 0 amide bonds. The van der Waals surface area contributed by atoms with Crippen molar-refractivity contribution in [1.82, 2.24) is 15.0 Å². The number of aromatic carboxylic acids is 1. The van der Waals surface area contributed by atoms with Crippen LogP contribution in [0.25, 0.3) is 0 Å². The molecular formula is C11H12BrN3O3S. The number of methoxy groups -OCH3 is 1. The summed E-state index contributed by atoms with van der Waals surface area (Å²) in [6.07, 6.45) is 0.469. The molecule has 2 rings (SSSR count). The van der Waals surface area contributed by atoms with Crippen molar-refractivity contribution >= 4 is 33.2 Å². The van der Waals surface area contributed by atoms with Crippen molar-refractivity contribution in [3.63, 3.8) is 0 Å². The number of nitrogens with zero attached hydrogens (tertiary/aromatic N) is 3. The lowest BCUT2D eigenvalue weighted by atomic mass is 10.2. The molecule has 0 spiro atoms. The molecule has 0 saturated carbocycles. The van der Waals surface area contributed by atoms with E-state index in [-0.39, 0.29) is 5.69 Å². The minimum atomic E-state index is -1.07. The maximum absolute atomic E-state index is 11.1. The molecular weight excluding hydrogens is 334 g/mol. The lowest BCUT2D eigenvalue weighted by Crippen LogP contribution is -2.11. The van der Waals surface area contributed by atoms with Crippen molar-refractivity contribution in [3.05, 3.63) is 32.2 Å². The fourth-order valence-electron chi connectivity index (χ4n) is 1.67. The monoisotopic (exact) mass is 345 g/mol. The van der Waals surface area contributed by atoms with Crippen molar-refractivity contribution in [2.45, 2.75) is 13.0 Å². The molecule has 0 aliphatic heterocycles. The van der Waals surface area contributed by atoms with Gasteiger partial charge in [-0.25, -0.2) is 9.48 Å². The molecule has 0 radical (unpaired) electrons. The van der Waals surface area contributed by atoms with E-state index in [9.17, 15) is 4.79 Å². The number of carbonyl (C=O) groups is 1. The molecule has 6 nitrogen and oxygen atoms in total. The molecule has 0 bridgehead atoms. The lowest BCUT2D eigenvalue weighted by molar-refractivity contribution is 0.0688. The third-order valence-electron chi connectivity index (χ3n) is 2.54. The van der Waals surface area contributed by atoms with E-state index in [2.05, 4.69) is 26.2 Å². The number of ether oxygens (including phenoxy) is 1. The minimum Gasteiger partial charge on any atom is -0.476 e. The highest BCUT2D eigenvalue weighted by Crippen LogP contribution is 2.21. The van der Waals surface area contributed by atoms with Crippen molar-refractivity contribution < 1.29 is 14.6 Å². The highest BCUT2D eigenvalue weighted by atomic mass is 79.9. The van der Waals surface area contributed by atoms with Gasteiger partial charge in [-0.05, 0) is 32.9 Å². The Morgan fingerprint density at radius 3 is 3.00 bits per heavy atom. The molecule has 8 heteroatoms. The Morgan fingerprint density at radius 2 is 2.42 bits per heavy atom. The Kier molecular flexibility index (Phi) is 4.67. The van der Waals surface area contributed by atoms with E-state index in [1.54, 1.807) is 23.1 Å². The highest BCUT2D eigenvalue weighted by Gasteiger charge is 2.18. The van der Waals surface area contributed by atoms with Crippen LogP contribution in [0, 0.1) is 0 Å². The van der Waals surface area contributed by atoms with Crippen LogP contribution in [0.1, 0.15) is 21.7 Å². The normalized spacial score (nSPS) is 10.8. The van der Waals surface area contributed by atoms with Crippen LogP contribution in [0.15, 0.2) is 15.2 Å². The summed E-state index contributed by atoms with van der Waals surface area (Å²) in [7, 11) is 1.57. The van der Waals surface area contributed by atoms with E-state index >= 15 is 0 Å². The number of carboxylic acids is 1. The number of thiophene rings is 1. The van der Waals surface area contributed by atoms with Gasteiger partial charge in [0.1, 0.15) is 0 Å². The molecule has 2 aromatic heterocycles. The molecule has 1 N–H and O–H groups in total. The summed E-state index contributed by atoms with van der Waals surface area (Å²) in [6, 6.07) is 1.98. The zero-order valence-electron chi connectivity index (χ0n) is 10.2. The molecule has 0 unspecified atom stereocenters. The summed E-state index contributed by atoms with van der Waals surface area (Å²) in [5, 5.41) is 18.7. The Hall–Kier alpha value is -1.25. The quantitative estimate of drug-likeness (QED) is 0.866. The smallest absolute Gasteiger partial charge is 0.358 e. The topological polar surface area (TPSA) is 77.2 Å². The average Bonchev–Trinajstić information content (AvgIpc) is 2.94. The highest BCUT2D eigenvalue weighted by molar-refractivity contribution is 9.11. The van der Waals surface area contributed by atoms with E-state index in [1.165, 1.54) is 0 Å². The maximum Gasteiger partial charge on any atom is 0.358 e. The molecule has 102 valence electrons. The van der Waals surface area contributed by atoms with Crippen LogP contribution in [0.5, 0.6) is 0 Å². The summed E-state index contributed by atoms with van der Waals surface area (Å²) < 4.78 is 7.63. The predicted octanol–water partition coefficient (Wildman–Crippen LogP) is 2.04. The van der Waals surface area contributed by atoms with Gasteiger partial charge in [-0.15, -0.1) is 16.4 Å². The Labute approximate surface area is 122 Å². The number of aromatic nitrogens is 3. The summed E-state index contributed by atoms with van der Waals surface area (Å²) in [6.45, 7) is 0.933. The second-order valence-corrected chi connectivity index (χ2v) is 6.14. The summed E-state index contributed by atoms with van der Waals surface area (Å²) >= 11 is 4.97. The van der Waals surface area contributed by atoms with Crippen LogP contribution in [-0.4, -0.2) is 39.8 Å². The fraction of sp³-hybridized carbons (Fsp3) is 0.364. The van der Waals surface area contributed by atoms with Gasteiger partial charge in [-0.2, -0.15) is 0 Å². The second kappa shape index (κ2) is 6.27. The van der Waals surface area contributed by atoms with Crippen molar-refractivity contribution in [1.29, 1.82) is 0 Å². The van der Waals surface area contributed by atoms with Gasteiger partial charge in [0.25, 0.3) is 0 Å². The first-order valence-corrected chi connectivity index (χ1v) is 7.16. The number of hydrogen-bond donors (Lipinski definition) is 1. The van der Waals surface area contributed by atoms with Crippen LogP contribution >= 0.6 is 27.3 Å². The first kappa shape index (κ1) is 14.2. The third kappa shape index (κ3) is 3.40. The zero-order chi connectivity index (χ0) is 13.8. The Morgan fingerprint density at radius 1 is 1.63 bits per heavy atom. The molecule has 19 heavy (non-hydrogen) atoms. The Balaban J connectivity index is 2.26. The molecule has 0 aromatic carbocycles. The van der Waals surface area contributed by atoms with E-state index in [4.69, 9.17) is 9.84 Å². The van der Waals surface area contributed by atoms with Crippen molar-refractivity contribution in [2.75, 3.05) is 13.7 Å². The minimum absolute atomic E-state index is 0.00801. The van der Waals surface area contributed by atoms with Crippen molar-refractivity contribution in [2.24, 2.45) is 0 Å². The number of hydrogen-bond acceptors (Lipinski definition) is 5. The first-order chi connectivity index (χ1) is 9.11. The third-order valence-corrected chi connectivity index (χ3v) is 4.09. The average molecular weight is 346 g/mol. The number of rotatable bonds is 6. The predicted molar refractivity (Wildman–Crippen MR) is 73.7 cm³/mol. The van der Waals surface area contributed by atoms with Crippen molar-refractivity contribution in [3.8, 4) is 0 Å². The molecule has 2 heterocycles. The molecule has 0 aliphatic rings. The van der Waals surface area contributed by atoms with Crippen LogP contribution < -0.4 is 0 Å². The SMILES string of the molecule is COCCc1c(C(=O)O)nnn1Cc1csc(Br)c1. The van der Waals surface area contributed by atoms with E-state index in [1.807, 2.05) is 11.4 Å². The molecule has 0 saturated heterocycles. The second-order valence-electron chi connectivity index (χ2n) is 3.85. The molecule has 0 aliphatic carbocycles. The first-order valence-electron chi connectivity index (χ1n) is 5.49. The number of carboxylic acid groups (broad SMARTS) is 1. The fourth-order valence-corrected chi connectivity index (χ4v) is 2.87. The summed E-state index contributed by atoms with van der Waals surface area (Å²) in [5.74, 6) is -1.07. The van der Waals surface area contributed by atoms with Gasteiger partial charge in [0.2, 0.25) is 0 Å². The lowest BCUT2D eigenvalue weighted by Gasteiger charge is -2.05. The van der Waals surface area contributed by atoms with E-state index in [0.29, 0.717) is 25.3 Å². The van der Waals surface area contributed by atoms with Gasteiger partial charge in [0.15, 0.2) is 5.69 Å². The maximum atomic E-state index is 11.1. The van der Waals surface area contributed by atoms with Crippen LogP contribution in [0.3, 0.4) is 0 Å². The van der Waals surface area contributed by atoms with E-state index < -0.39 is 5.97 Å². The summed E-state index contributed by atoms with van der Waals surface area (Å²) in [4.78, 5) is 11.1. The van der Waals surface area contributed by atoms with E-state index in [0.717, 1.165) is 9.35 Å². The number of halogens is 1. The Bertz CT molecular complexity index is 582. The summed E-state index contributed by atoms with van der Waals surface area (Å²) in [5.41, 5.74) is 1.63. The van der Waals surface area contributed by atoms with Gasteiger partial charge in [0.05, 0.1) is 22.6 Å². The molecule has 2 aromatic rings. The largest absolute Gasteiger partial charge is 0.476 e. The van der Waals surface area contributed by atoms with Gasteiger partial charge in [-0.3, -0.25) is 0 Å². The van der Waals surface area contributed by atoms with Crippen LogP contribution in [-0.2, 0) is 17.7 Å². The zero-order valence-corrected chi connectivity index (χ0v) is 12.6. The van der Waals surface area contributed by atoms with Crippen LogP contribution in [0.4, 0.5) is 0 Å². The van der Waals surface area contributed by atoms with Gasteiger partial charge in [0, 0.05) is 13.5 Å². The molecule has 0 atom stereocenters. The van der Waals surface area contributed by atoms with Gasteiger partial charge >= 0.3 is 5.97 Å². The van der Waals surface area contributed by atoms with Gasteiger partial charge in [-0.1, -0.05) is 5.21 Å². The van der Waals surface area contributed by atoms with Gasteiger partial charge < -0.3 is 9.84 Å². The molecule has 0 fully saturated rings.